The molecule has 6 heteroatoms. The van der Waals surface area contributed by atoms with Crippen molar-refractivity contribution in [2.45, 2.75) is 20.0 Å². The highest BCUT2D eigenvalue weighted by molar-refractivity contribution is 5.86. The third-order valence-corrected chi connectivity index (χ3v) is 3.86. The quantitative estimate of drug-likeness (QED) is 0.617. The van der Waals surface area contributed by atoms with Gasteiger partial charge in [-0.05, 0) is 29.7 Å². The highest BCUT2D eigenvalue weighted by atomic mass is 19.1. The van der Waals surface area contributed by atoms with E-state index >= 15 is 0 Å². The van der Waals surface area contributed by atoms with Crippen molar-refractivity contribution < 1.29 is 9.18 Å². The Bertz CT molecular complexity index is 760. The molecule has 2 aromatic carbocycles. The fourth-order valence-electron chi connectivity index (χ4n) is 2.18. The molecular formula is C20H25FN4O. The average molecular weight is 356 g/mol. The fraction of sp³-hybridized carbons (Fsp3) is 0.300. The number of hydrogen-bond donors (Lipinski definition) is 2. The van der Waals surface area contributed by atoms with Gasteiger partial charge in [0.25, 0.3) is 0 Å². The number of hydrogen-bond acceptors (Lipinski definition) is 2. The Morgan fingerprint density at radius 2 is 1.81 bits per heavy atom. The van der Waals surface area contributed by atoms with Gasteiger partial charge < -0.3 is 15.5 Å². The molecule has 5 nitrogen and oxygen atoms in total. The van der Waals surface area contributed by atoms with Gasteiger partial charge in [0.1, 0.15) is 5.82 Å². The van der Waals surface area contributed by atoms with Crippen molar-refractivity contribution in [3.8, 4) is 0 Å². The first-order valence-electron chi connectivity index (χ1n) is 8.47. The SMILES string of the molecule is Cc1ccc(CN=C(NCC(=O)N(C)C)NCc2ccccc2)cc1F. The molecule has 2 aromatic rings. The zero-order valence-electron chi connectivity index (χ0n) is 15.4. The zero-order valence-corrected chi connectivity index (χ0v) is 15.4. The van der Waals surface area contributed by atoms with Crippen LogP contribution in [0.5, 0.6) is 0 Å². The van der Waals surface area contributed by atoms with Crippen molar-refractivity contribution in [3.63, 3.8) is 0 Å². The Morgan fingerprint density at radius 3 is 2.46 bits per heavy atom. The molecule has 138 valence electrons. The Hall–Kier alpha value is -2.89. The third kappa shape index (κ3) is 6.20. The number of nitrogens with zero attached hydrogens (tertiary/aromatic N) is 2. The Kier molecular flexibility index (Phi) is 7.14. The van der Waals surface area contributed by atoms with Crippen LogP contribution in [-0.2, 0) is 17.9 Å². The normalized spacial score (nSPS) is 11.2. The number of benzene rings is 2. The molecular weight excluding hydrogens is 331 g/mol. The van der Waals surface area contributed by atoms with Gasteiger partial charge in [0.05, 0.1) is 13.1 Å². The van der Waals surface area contributed by atoms with E-state index in [-0.39, 0.29) is 18.3 Å². The lowest BCUT2D eigenvalue weighted by atomic mass is 10.1. The lowest BCUT2D eigenvalue weighted by molar-refractivity contribution is -0.127. The smallest absolute Gasteiger partial charge is 0.241 e. The molecule has 0 radical (unpaired) electrons. The molecule has 0 aliphatic heterocycles. The van der Waals surface area contributed by atoms with Gasteiger partial charge in [-0.2, -0.15) is 0 Å². The third-order valence-electron chi connectivity index (χ3n) is 3.86. The van der Waals surface area contributed by atoms with Gasteiger partial charge in [-0.1, -0.05) is 42.5 Å². The van der Waals surface area contributed by atoms with Crippen molar-refractivity contribution in [1.29, 1.82) is 0 Å². The second-order valence-corrected chi connectivity index (χ2v) is 6.23. The van der Waals surface area contributed by atoms with E-state index < -0.39 is 0 Å². The molecule has 0 saturated carbocycles. The summed E-state index contributed by atoms with van der Waals surface area (Å²) in [6, 6.07) is 15.0. The number of carbonyl (C=O) groups is 1. The van der Waals surface area contributed by atoms with E-state index in [1.807, 2.05) is 36.4 Å². The molecule has 0 spiro atoms. The average Bonchev–Trinajstić information content (AvgIpc) is 2.64. The van der Waals surface area contributed by atoms with Crippen LogP contribution in [0.1, 0.15) is 16.7 Å². The van der Waals surface area contributed by atoms with Crippen LogP contribution < -0.4 is 10.6 Å². The molecule has 26 heavy (non-hydrogen) atoms. The van der Waals surface area contributed by atoms with Crippen LogP contribution >= 0.6 is 0 Å². The van der Waals surface area contributed by atoms with Gasteiger partial charge in [-0.25, -0.2) is 9.38 Å². The first-order chi connectivity index (χ1) is 12.5. The highest BCUT2D eigenvalue weighted by Gasteiger charge is 2.06. The summed E-state index contributed by atoms with van der Waals surface area (Å²) >= 11 is 0. The first-order valence-corrected chi connectivity index (χ1v) is 8.47. The van der Waals surface area contributed by atoms with Gasteiger partial charge in [0.2, 0.25) is 5.91 Å². The fourth-order valence-corrected chi connectivity index (χ4v) is 2.18. The molecule has 0 unspecified atom stereocenters. The van der Waals surface area contributed by atoms with Crippen LogP contribution in [0.3, 0.4) is 0 Å². The van der Waals surface area contributed by atoms with E-state index in [9.17, 15) is 9.18 Å². The van der Waals surface area contributed by atoms with E-state index in [0.29, 0.717) is 24.6 Å². The van der Waals surface area contributed by atoms with Gasteiger partial charge in [0.15, 0.2) is 5.96 Å². The van der Waals surface area contributed by atoms with E-state index in [4.69, 9.17) is 0 Å². The first kappa shape index (κ1) is 19.4. The van der Waals surface area contributed by atoms with Gasteiger partial charge in [0, 0.05) is 20.6 Å². The molecule has 0 heterocycles. The minimum Gasteiger partial charge on any atom is -0.352 e. The van der Waals surface area contributed by atoms with Crippen LogP contribution in [0.15, 0.2) is 53.5 Å². The maximum Gasteiger partial charge on any atom is 0.241 e. The molecule has 0 aliphatic carbocycles. The number of aryl methyl sites for hydroxylation is 1. The van der Waals surface area contributed by atoms with Crippen molar-refractivity contribution in [2.75, 3.05) is 20.6 Å². The van der Waals surface area contributed by atoms with Gasteiger partial charge >= 0.3 is 0 Å². The molecule has 0 bridgehead atoms. The second kappa shape index (κ2) is 9.56. The van der Waals surface area contributed by atoms with E-state index in [1.54, 1.807) is 27.1 Å². The van der Waals surface area contributed by atoms with Gasteiger partial charge in [-0.15, -0.1) is 0 Å². The minimum atomic E-state index is -0.243. The number of carbonyl (C=O) groups excluding carboxylic acids is 1. The van der Waals surface area contributed by atoms with Crippen molar-refractivity contribution in [3.05, 3.63) is 71.0 Å². The summed E-state index contributed by atoms with van der Waals surface area (Å²) in [5.41, 5.74) is 2.48. The molecule has 0 atom stereocenters. The van der Waals surface area contributed by atoms with Crippen LogP contribution in [0.2, 0.25) is 0 Å². The number of aliphatic imine (C=N–C) groups is 1. The maximum absolute atomic E-state index is 13.7. The molecule has 2 rings (SSSR count). The van der Waals surface area contributed by atoms with Crippen molar-refractivity contribution >= 4 is 11.9 Å². The molecule has 1 amide bonds. The van der Waals surface area contributed by atoms with Crippen LogP contribution in [0.25, 0.3) is 0 Å². The summed E-state index contributed by atoms with van der Waals surface area (Å²) < 4.78 is 13.7. The summed E-state index contributed by atoms with van der Waals surface area (Å²) in [5.74, 6) is 0.206. The number of likely N-dealkylation sites (N-methyl/N-ethyl adjacent to an activating group) is 1. The zero-order chi connectivity index (χ0) is 18.9. The van der Waals surface area contributed by atoms with E-state index in [2.05, 4.69) is 15.6 Å². The Labute approximate surface area is 153 Å². The predicted molar refractivity (Wildman–Crippen MR) is 102 cm³/mol. The lowest BCUT2D eigenvalue weighted by Gasteiger charge is -2.15. The monoisotopic (exact) mass is 356 g/mol. The summed E-state index contributed by atoms with van der Waals surface area (Å²) in [5, 5.41) is 6.22. The van der Waals surface area contributed by atoms with Crippen LogP contribution in [0.4, 0.5) is 4.39 Å². The summed E-state index contributed by atoms with van der Waals surface area (Å²) in [6.07, 6.45) is 0. The number of halogens is 1. The molecule has 0 fully saturated rings. The highest BCUT2D eigenvalue weighted by Crippen LogP contribution is 2.10. The van der Waals surface area contributed by atoms with E-state index in [0.717, 1.165) is 11.1 Å². The topological polar surface area (TPSA) is 56.7 Å². The largest absolute Gasteiger partial charge is 0.352 e. The summed E-state index contributed by atoms with van der Waals surface area (Å²) in [6.45, 7) is 2.75. The number of amides is 1. The Balaban J connectivity index is 2.04. The molecule has 0 aromatic heterocycles. The number of rotatable bonds is 6. The number of guanidine groups is 1. The number of nitrogens with one attached hydrogen (secondary N) is 2. The van der Waals surface area contributed by atoms with Crippen molar-refractivity contribution in [1.82, 2.24) is 15.5 Å². The van der Waals surface area contributed by atoms with Gasteiger partial charge in [-0.3, -0.25) is 4.79 Å². The second-order valence-electron chi connectivity index (χ2n) is 6.23. The predicted octanol–water partition coefficient (Wildman–Crippen LogP) is 2.46. The molecule has 0 aliphatic rings. The van der Waals surface area contributed by atoms with Crippen LogP contribution in [0, 0.1) is 12.7 Å². The maximum atomic E-state index is 13.7. The van der Waals surface area contributed by atoms with Crippen molar-refractivity contribution in [2.24, 2.45) is 4.99 Å². The minimum absolute atomic E-state index is 0.0550. The Morgan fingerprint density at radius 1 is 1.08 bits per heavy atom. The van der Waals surface area contributed by atoms with E-state index in [1.165, 1.54) is 11.0 Å². The summed E-state index contributed by atoms with van der Waals surface area (Å²) in [7, 11) is 3.40. The lowest BCUT2D eigenvalue weighted by Crippen LogP contribution is -2.42. The molecule has 2 N–H and O–H groups in total. The van der Waals surface area contributed by atoms with Crippen LogP contribution in [-0.4, -0.2) is 37.4 Å². The standard InChI is InChI=1S/C20H25FN4O/c1-15-9-10-17(11-18(15)21)13-23-20(24-14-19(26)25(2)3)22-12-16-7-5-4-6-8-16/h4-11H,12-14H2,1-3H3,(H2,22,23,24). The molecule has 0 saturated heterocycles. The summed E-state index contributed by atoms with van der Waals surface area (Å²) in [4.78, 5) is 17.8.